The molecular formula is C13H25NO3S. The molecule has 0 aromatic heterocycles. The molecule has 0 fully saturated rings. The number of nitrogens with zero attached hydrogens (tertiary/aromatic N) is 1. The first kappa shape index (κ1) is 17.3. The Hall–Kier alpha value is -0.710. The van der Waals surface area contributed by atoms with Gasteiger partial charge in [-0.3, -0.25) is 9.59 Å². The minimum Gasteiger partial charge on any atom is -0.481 e. The number of carbonyl (C=O) groups excluding carboxylic acids is 1. The summed E-state index contributed by atoms with van der Waals surface area (Å²) in [5, 5.41) is 8.51. The van der Waals surface area contributed by atoms with Crippen LogP contribution in [-0.2, 0) is 9.59 Å². The summed E-state index contributed by atoms with van der Waals surface area (Å²) in [6, 6.07) is 0. The van der Waals surface area contributed by atoms with Crippen molar-refractivity contribution in [3.63, 3.8) is 0 Å². The van der Waals surface area contributed by atoms with Gasteiger partial charge in [0.2, 0.25) is 5.91 Å². The fourth-order valence-corrected chi connectivity index (χ4v) is 2.29. The molecule has 0 aromatic rings. The van der Waals surface area contributed by atoms with Gasteiger partial charge >= 0.3 is 5.97 Å². The number of hydrogen-bond donors (Lipinski definition) is 1. The second kappa shape index (κ2) is 11.4. The molecule has 1 N–H and O–H groups in total. The number of carbonyl (C=O) groups is 2. The molecule has 0 heterocycles. The first-order chi connectivity index (χ1) is 8.61. The van der Waals surface area contributed by atoms with Crippen molar-refractivity contribution in [1.29, 1.82) is 0 Å². The second-order valence-corrected chi connectivity index (χ2v) is 5.39. The Bertz CT molecular complexity index is 238. The number of unbranched alkanes of at least 4 members (excludes halogenated alkanes) is 2. The van der Waals surface area contributed by atoms with E-state index in [0.717, 1.165) is 38.8 Å². The molecule has 106 valence electrons. The number of carboxylic acid groups (broad SMARTS) is 1. The maximum atomic E-state index is 12.0. The van der Waals surface area contributed by atoms with Gasteiger partial charge in [-0.25, -0.2) is 0 Å². The van der Waals surface area contributed by atoms with Gasteiger partial charge in [-0.1, -0.05) is 26.7 Å². The van der Waals surface area contributed by atoms with E-state index in [-0.39, 0.29) is 12.3 Å². The van der Waals surface area contributed by atoms with Crippen LogP contribution in [0.2, 0.25) is 0 Å². The SMILES string of the molecule is CCCCN(CCCC)C(=O)CSCCC(=O)O. The Morgan fingerprint density at radius 3 is 2.11 bits per heavy atom. The Morgan fingerprint density at radius 1 is 1.11 bits per heavy atom. The van der Waals surface area contributed by atoms with Crippen molar-refractivity contribution in [2.75, 3.05) is 24.6 Å². The highest BCUT2D eigenvalue weighted by Gasteiger charge is 2.12. The van der Waals surface area contributed by atoms with Crippen LogP contribution in [0.5, 0.6) is 0 Å². The molecule has 0 aliphatic heterocycles. The molecule has 0 rings (SSSR count). The standard InChI is InChI=1S/C13H25NO3S/c1-3-5-8-14(9-6-4-2)12(15)11-18-10-7-13(16)17/h3-11H2,1-2H3,(H,16,17). The summed E-state index contributed by atoms with van der Waals surface area (Å²) in [6.07, 6.45) is 4.37. The van der Waals surface area contributed by atoms with Gasteiger partial charge < -0.3 is 10.0 Å². The predicted octanol–water partition coefficient (Wildman–Crippen LogP) is 2.62. The fourth-order valence-electron chi connectivity index (χ4n) is 1.47. The van der Waals surface area contributed by atoms with Crippen LogP contribution in [0, 0.1) is 0 Å². The molecule has 4 nitrogen and oxygen atoms in total. The summed E-state index contributed by atoms with van der Waals surface area (Å²) in [7, 11) is 0. The van der Waals surface area contributed by atoms with Gasteiger partial charge in [0.05, 0.1) is 12.2 Å². The van der Waals surface area contributed by atoms with Crippen molar-refractivity contribution < 1.29 is 14.7 Å². The van der Waals surface area contributed by atoms with E-state index < -0.39 is 5.97 Å². The first-order valence-corrected chi connectivity index (χ1v) is 7.84. The van der Waals surface area contributed by atoms with E-state index in [9.17, 15) is 9.59 Å². The zero-order valence-corrected chi connectivity index (χ0v) is 12.3. The molecule has 5 heteroatoms. The van der Waals surface area contributed by atoms with Crippen LogP contribution in [0.25, 0.3) is 0 Å². The molecule has 0 aliphatic carbocycles. The molecule has 0 atom stereocenters. The molecule has 0 radical (unpaired) electrons. The van der Waals surface area contributed by atoms with Crippen molar-refractivity contribution in [2.24, 2.45) is 0 Å². The zero-order valence-electron chi connectivity index (χ0n) is 11.5. The summed E-state index contributed by atoms with van der Waals surface area (Å²) in [4.78, 5) is 24.2. The Morgan fingerprint density at radius 2 is 1.67 bits per heavy atom. The lowest BCUT2D eigenvalue weighted by Crippen LogP contribution is -2.34. The summed E-state index contributed by atoms with van der Waals surface area (Å²) in [5.74, 6) is 0.257. The summed E-state index contributed by atoms with van der Waals surface area (Å²) >= 11 is 1.41. The van der Waals surface area contributed by atoms with E-state index in [1.54, 1.807) is 0 Å². The number of hydrogen-bond acceptors (Lipinski definition) is 3. The maximum Gasteiger partial charge on any atom is 0.304 e. The van der Waals surface area contributed by atoms with Crippen LogP contribution in [0.3, 0.4) is 0 Å². The van der Waals surface area contributed by atoms with Crippen LogP contribution >= 0.6 is 11.8 Å². The Balaban J connectivity index is 3.91. The molecule has 0 unspecified atom stereocenters. The number of amides is 1. The maximum absolute atomic E-state index is 12.0. The van der Waals surface area contributed by atoms with Gasteiger partial charge in [0.1, 0.15) is 0 Å². The Kier molecular flexibility index (Phi) is 10.9. The summed E-state index contributed by atoms with van der Waals surface area (Å²) in [5.41, 5.74) is 0. The minimum atomic E-state index is -0.802. The normalized spacial score (nSPS) is 10.3. The molecule has 0 aromatic carbocycles. The predicted molar refractivity (Wildman–Crippen MR) is 76.0 cm³/mol. The highest BCUT2D eigenvalue weighted by Crippen LogP contribution is 2.07. The van der Waals surface area contributed by atoms with Gasteiger partial charge in [-0.15, -0.1) is 0 Å². The van der Waals surface area contributed by atoms with Crippen LogP contribution in [0.4, 0.5) is 0 Å². The lowest BCUT2D eigenvalue weighted by Gasteiger charge is -2.22. The van der Waals surface area contributed by atoms with Gasteiger partial charge in [0, 0.05) is 18.8 Å². The fraction of sp³-hybridized carbons (Fsp3) is 0.846. The minimum absolute atomic E-state index is 0.127. The number of rotatable bonds is 11. The second-order valence-electron chi connectivity index (χ2n) is 4.28. The third kappa shape index (κ3) is 9.33. The molecule has 0 saturated carbocycles. The van der Waals surface area contributed by atoms with E-state index in [0.29, 0.717) is 11.5 Å². The summed E-state index contributed by atoms with van der Waals surface area (Å²) < 4.78 is 0. The molecule has 18 heavy (non-hydrogen) atoms. The van der Waals surface area contributed by atoms with E-state index in [4.69, 9.17) is 5.11 Å². The zero-order chi connectivity index (χ0) is 13.8. The first-order valence-electron chi connectivity index (χ1n) is 6.69. The molecule has 1 amide bonds. The van der Waals surface area contributed by atoms with Gasteiger partial charge in [0.15, 0.2) is 0 Å². The number of carboxylic acids is 1. The molecular weight excluding hydrogens is 250 g/mol. The van der Waals surface area contributed by atoms with Gasteiger partial charge in [-0.2, -0.15) is 11.8 Å². The Labute approximate surface area is 114 Å². The third-order valence-electron chi connectivity index (χ3n) is 2.60. The van der Waals surface area contributed by atoms with E-state index >= 15 is 0 Å². The van der Waals surface area contributed by atoms with Crippen molar-refractivity contribution in [3.8, 4) is 0 Å². The number of thioether (sulfide) groups is 1. The van der Waals surface area contributed by atoms with Gasteiger partial charge in [-0.05, 0) is 12.8 Å². The van der Waals surface area contributed by atoms with E-state index in [1.807, 2.05) is 4.90 Å². The van der Waals surface area contributed by atoms with Gasteiger partial charge in [0.25, 0.3) is 0 Å². The summed E-state index contributed by atoms with van der Waals surface area (Å²) in [6.45, 7) is 5.89. The largest absolute Gasteiger partial charge is 0.481 e. The molecule has 0 aliphatic rings. The topological polar surface area (TPSA) is 57.6 Å². The van der Waals surface area contributed by atoms with E-state index in [2.05, 4.69) is 13.8 Å². The highest BCUT2D eigenvalue weighted by atomic mass is 32.2. The van der Waals surface area contributed by atoms with Crippen molar-refractivity contribution in [3.05, 3.63) is 0 Å². The molecule has 0 saturated heterocycles. The van der Waals surface area contributed by atoms with Crippen molar-refractivity contribution in [2.45, 2.75) is 46.0 Å². The average molecular weight is 275 g/mol. The lowest BCUT2D eigenvalue weighted by atomic mass is 10.2. The highest BCUT2D eigenvalue weighted by molar-refractivity contribution is 7.99. The molecule has 0 bridgehead atoms. The van der Waals surface area contributed by atoms with Crippen LogP contribution in [0.15, 0.2) is 0 Å². The van der Waals surface area contributed by atoms with Crippen molar-refractivity contribution >= 4 is 23.6 Å². The van der Waals surface area contributed by atoms with Crippen LogP contribution in [0.1, 0.15) is 46.0 Å². The monoisotopic (exact) mass is 275 g/mol. The quantitative estimate of drug-likeness (QED) is 0.589. The molecule has 0 spiro atoms. The lowest BCUT2D eigenvalue weighted by molar-refractivity contribution is -0.136. The van der Waals surface area contributed by atoms with Crippen LogP contribution in [-0.4, -0.2) is 46.5 Å². The van der Waals surface area contributed by atoms with Crippen LogP contribution < -0.4 is 0 Å². The number of aliphatic carboxylic acids is 1. The third-order valence-corrected chi connectivity index (χ3v) is 3.55. The van der Waals surface area contributed by atoms with E-state index in [1.165, 1.54) is 11.8 Å². The smallest absolute Gasteiger partial charge is 0.304 e. The van der Waals surface area contributed by atoms with Crippen molar-refractivity contribution in [1.82, 2.24) is 4.90 Å². The average Bonchev–Trinajstić information content (AvgIpc) is 2.34.